The summed E-state index contributed by atoms with van der Waals surface area (Å²) in [4.78, 5) is 8.60. The molecule has 1 aromatic carbocycles. The quantitative estimate of drug-likeness (QED) is 0.883. The molecule has 2 aromatic rings. The maximum absolute atomic E-state index is 12.2. The largest absolute Gasteiger partial charge is 0.324 e. The van der Waals surface area contributed by atoms with Gasteiger partial charge in [-0.15, -0.1) is 0 Å². The van der Waals surface area contributed by atoms with Crippen LogP contribution in [-0.4, -0.2) is 19.4 Å². The third kappa shape index (κ3) is 2.87. The lowest BCUT2D eigenvalue weighted by Gasteiger charge is -2.21. The van der Waals surface area contributed by atoms with Gasteiger partial charge in [-0.3, -0.25) is 4.98 Å². The van der Waals surface area contributed by atoms with E-state index in [1.54, 1.807) is 18.3 Å². The van der Waals surface area contributed by atoms with Crippen molar-refractivity contribution in [3.8, 4) is 0 Å². The zero-order valence-electron chi connectivity index (χ0n) is 11.4. The van der Waals surface area contributed by atoms with Crippen LogP contribution in [0.1, 0.15) is 11.3 Å². The molecule has 0 radical (unpaired) electrons. The van der Waals surface area contributed by atoms with Crippen LogP contribution in [0.5, 0.6) is 0 Å². The first-order chi connectivity index (χ1) is 10.0. The number of guanidine groups is 1. The molecule has 1 aliphatic heterocycles. The van der Waals surface area contributed by atoms with E-state index in [2.05, 4.69) is 20.0 Å². The van der Waals surface area contributed by atoms with E-state index in [4.69, 9.17) is 0 Å². The number of aromatic nitrogens is 1. The van der Waals surface area contributed by atoms with E-state index in [0.29, 0.717) is 12.2 Å². The highest BCUT2D eigenvalue weighted by molar-refractivity contribution is 7.90. The minimum Gasteiger partial charge on any atom is -0.324 e. The Morgan fingerprint density at radius 1 is 1.24 bits per heavy atom. The highest BCUT2D eigenvalue weighted by Crippen LogP contribution is 2.25. The zero-order chi connectivity index (χ0) is 14.9. The molecule has 0 saturated heterocycles. The lowest BCUT2D eigenvalue weighted by atomic mass is 10.2. The van der Waals surface area contributed by atoms with Crippen molar-refractivity contribution in [2.24, 2.45) is 4.99 Å². The Labute approximate surface area is 123 Å². The van der Waals surface area contributed by atoms with Crippen LogP contribution in [0.3, 0.4) is 0 Å². The summed E-state index contributed by atoms with van der Waals surface area (Å²) in [6.07, 6.45) is 1.67. The molecule has 6 nitrogen and oxygen atoms in total. The molecule has 1 aromatic heterocycles. The average molecular weight is 302 g/mol. The Bertz CT molecular complexity index is 801. The summed E-state index contributed by atoms with van der Waals surface area (Å²) >= 11 is 0. The van der Waals surface area contributed by atoms with Crippen molar-refractivity contribution in [2.75, 3.05) is 5.32 Å². The molecule has 7 heteroatoms. The van der Waals surface area contributed by atoms with Crippen molar-refractivity contribution >= 4 is 21.7 Å². The number of nitrogens with one attached hydrogen (secondary N) is 2. The predicted molar refractivity (Wildman–Crippen MR) is 80.5 cm³/mol. The number of nitrogens with zero attached hydrogens (tertiary/aromatic N) is 2. The first kappa shape index (κ1) is 13.6. The van der Waals surface area contributed by atoms with Gasteiger partial charge in [0.25, 0.3) is 10.0 Å². The van der Waals surface area contributed by atoms with Crippen molar-refractivity contribution in [3.63, 3.8) is 0 Å². The van der Waals surface area contributed by atoms with Gasteiger partial charge < -0.3 is 5.32 Å². The molecule has 2 heterocycles. The fraction of sp³-hybridized carbons (Fsp3) is 0.143. The molecular weight excluding hydrogens is 288 g/mol. The Morgan fingerprint density at radius 2 is 2.10 bits per heavy atom. The fourth-order valence-electron chi connectivity index (χ4n) is 2.01. The molecule has 2 N–H and O–H groups in total. The van der Waals surface area contributed by atoms with E-state index in [9.17, 15) is 8.42 Å². The topological polar surface area (TPSA) is 83.5 Å². The molecule has 0 aliphatic carbocycles. The molecule has 0 spiro atoms. The van der Waals surface area contributed by atoms with Crippen molar-refractivity contribution in [2.45, 2.75) is 18.4 Å². The monoisotopic (exact) mass is 302 g/mol. The summed E-state index contributed by atoms with van der Waals surface area (Å²) in [7, 11) is -3.58. The Balaban J connectivity index is 1.90. The molecular formula is C14H14N4O2S. The number of rotatable bonds is 2. The molecule has 0 unspecified atom stereocenters. The van der Waals surface area contributed by atoms with E-state index in [1.165, 1.54) is 0 Å². The number of pyridine rings is 1. The standard InChI is InChI=1S/C14H14N4O2S/c1-10-5-6-12-13(8-10)21(19,20)18-14(17-12)16-9-11-4-2-3-7-15-11/h2-8H,9H2,1H3,(H2,16,17,18). The van der Waals surface area contributed by atoms with Gasteiger partial charge in [0.1, 0.15) is 4.90 Å². The number of aryl methyl sites for hydroxylation is 1. The maximum Gasteiger partial charge on any atom is 0.266 e. The third-order valence-electron chi connectivity index (χ3n) is 3.04. The summed E-state index contributed by atoms with van der Waals surface area (Å²) in [5.41, 5.74) is 2.18. The second kappa shape index (κ2) is 5.17. The molecule has 108 valence electrons. The number of fused-ring (bicyclic) bond motifs is 1. The van der Waals surface area contributed by atoms with Gasteiger partial charge in [-0.2, -0.15) is 0 Å². The van der Waals surface area contributed by atoms with Gasteiger partial charge in [0.15, 0.2) is 0 Å². The number of hydrogen-bond donors (Lipinski definition) is 2. The Morgan fingerprint density at radius 3 is 2.86 bits per heavy atom. The minimum absolute atomic E-state index is 0.206. The van der Waals surface area contributed by atoms with Crippen LogP contribution in [0.25, 0.3) is 0 Å². The average Bonchev–Trinajstić information content (AvgIpc) is 2.47. The first-order valence-corrected chi connectivity index (χ1v) is 7.88. The van der Waals surface area contributed by atoms with Crippen LogP contribution in [0.2, 0.25) is 0 Å². The van der Waals surface area contributed by atoms with E-state index in [0.717, 1.165) is 11.3 Å². The van der Waals surface area contributed by atoms with Crippen molar-refractivity contribution in [1.82, 2.24) is 9.71 Å². The number of benzene rings is 1. The summed E-state index contributed by atoms with van der Waals surface area (Å²) in [6.45, 7) is 2.15. The first-order valence-electron chi connectivity index (χ1n) is 6.39. The maximum atomic E-state index is 12.2. The Hall–Kier alpha value is -2.41. The molecule has 21 heavy (non-hydrogen) atoms. The second-order valence-corrected chi connectivity index (χ2v) is 6.37. The molecule has 3 rings (SSSR count). The number of aliphatic imine (C=N–C) groups is 1. The Kier molecular flexibility index (Phi) is 3.34. The van der Waals surface area contributed by atoms with Gasteiger partial charge in [-0.1, -0.05) is 12.1 Å². The van der Waals surface area contributed by atoms with E-state index in [1.807, 2.05) is 31.2 Å². The van der Waals surface area contributed by atoms with Crippen LogP contribution in [-0.2, 0) is 16.6 Å². The van der Waals surface area contributed by atoms with Gasteiger partial charge in [0, 0.05) is 6.20 Å². The van der Waals surface area contributed by atoms with E-state index in [-0.39, 0.29) is 10.9 Å². The van der Waals surface area contributed by atoms with Gasteiger partial charge >= 0.3 is 0 Å². The molecule has 0 atom stereocenters. The van der Waals surface area contributed by atoms with Crippen LogP contribution in [0.15, 0.2) is 52.5 Å². The van der Waals surface area contributed by atoms with Crippen molar-refractivity contribution in [1.29, 1.82) is 0 Å². The molecule has 1 aliphatic rings. The molecule has 0 fully saturated rings. The summed E-state index contributed by atoms with van der Waals surface area (Å²) < 4.78 is 26.8. The molecule has 0 amide bonds. The van der Waals surface area contributed by atoms with Gasteiger partial charge in [-0.25, -0.2) is 18.1 Å². The van der Waals surface area contributed by atoms with E-state index < -0.39 is 10.0 Å². The lowest BCUT2D eigenvalue weighted by Crippen LogP contribution is -2.40. The van der Waals surface area contributed by atoms with Crippen LogP contribution in [0.4, 0.5) is 5.69 Å². The number of hydrogen-bond acceptors (Lipinski definition) is 4. The van der Waals surface area contributed by atoms with Gasteiger partial charge in [0.05, 0.1) is 17.9 Å². The summed E-state index contributed by atoms with van der Waals surface area (Å²) in [6, 6.07) is 10.7. The third-order valence-corrected chi connectivity index (χ3v) is 4.41. The SMILES string of the molecule is Cc1ccc2c(c1)S(=O)(=O)NC(=NCc1ccccn1)N2. The van der Waals surface area contributed by atoms with Crippen molar-refractivity contribution in [3.05, 3.63) is 53.9 Å². The lowest BCUT2D eigenvalue weighted by molar-refractivity contribution is 0.591. The smallest absolute Gasteiger partial charge is 0.266 e. The predicted octanol–water partition coefficient (Wildman–Crippen LogP) is 1.65. The minimum atomic E-state index is -3.58. The number of sulfonamides is 1. The highest BCUT2D eigenvalue weighted by atomic mass is 32.2. The van der Waals surface area contributed by atoms with E-state index >= 15 is 0 Å². The summed E-state index contributed by atoms with van der Waals surface area (Å²) in [5.74, 6) is 0.206. The van der Waals surface area contributed by atoms with Crippen LogP contribution >= 0.6 is 0 Å². The fourth-order valence-corrected chi connectivity index (χ4v) is 3.24. The summed E-state index contributed by atoms with van der Waals surface area (Å²) in [5, 5.41) is 2.98. The highest BCUT2D eigenvalue weighted by Gasteiger charge is 2.26. The normalized spacial score (nSPS) is 17.7. The van der Waals surface area contributed by atoms with Crippen LogP contribution < -0.4 is 10.0 Å². The van der Waals surface area contributed by atoms with Crippen molar-refractivity contribution < 1.29 is 8.42 Å². The molecule has 0 bridgehead atoms. The van der Waals surface area contributed by atoms with Crippen LogP contribution in [0, 0.1) is 6.92 Å². The van der Waals surface area contributed by atoms with Gasteiger partial charge in [0.2, 0.25) is 5.96 Å². The van der Waals surface area contributed by atoms with Gasteiger partial charge in [-0.05, 0) is 36.8 Å². The molecule has 0 saturated carbocycles. The second-order valence-electron chi connectivity index (χ2n) is 4.72. The number of anilines is 1. The zero-order valence-corrected chi connectivity index (χ0v) is 12.2.